The number of carboxylic acids is 1. The van der Waals surface area contributed by atoms with Gasteiger partial charge < -0.3 is 10.8 Å². The van der Waals surface area contributed by atoms with Crippen molar-refractivity contribution in [3.05, 3.63) is 0 Å². The van der Waals surface area contributed by atoms with Gasteiger partial charge in [0.1, 0.15) is 6.04 Å². The average molecular weight is 240 g/mol. The van der Waals surface area contributed by atoms with E-state index in [4.69, 9.17) is 10.8 Å². The molecule has 0 aromatic rings. The Morgan fingerprint density at radius 1 is 1.65 bits per heavy atom. The summed E-state index contributed by atoms with van der Waals surface area (Å²) in [5.41, 5.74) is 6.18. The van der Waals surface area contributed by atoms with E-state index in [1.54, 1.807) is 13.1 Å². The van der Waals surface area contributed by atoms with Crippen LogP contribution in [0.5, 0.6) is 0 Å². The predicted molar refractivity (Wildman–Crippen MR) is 67.5 cm³/mol. The Kier molecular flexibility index (Phi) is 4.77. The van der Waals surface area contributed by atoms with Crippen molar-refractivity contribution in [3.8, 4) is 0 Å². The molecule has 1 aliphatic rings. The van der Waals surface area contributed by atoms with Gasteiger partial charge in [0.15, 0.2) is 0 Å². The molecular formula is C11H20N4O2. The van der Waals surface area contributed by atoms with Gasteiger partial charge in [0.25, 0.3) is 0 Å². The highest BCUT2D eigenvalue weighted by Gasteiger charge is 2.30. The molecule has 4 N–H and O–H groups in total. The quantitative estimate of drug-likeness (QED) is 0.560. The minimum absolute atomic E-state index is 0.534. The number of nitrogens with one attached hydrogen (secondary N) is 1. The Morgan fingerprint density at radius 2 is 2.35 bits per heavy atom. The molecule has 0 radical (unpaired) electrons. The van der Waals surface area contributed by atoms with E-state index in [9.17, 15) is 4.79 Å². The van der Waals surface area contributed by atoms with Crippen LogP contribution in [0.2, 0.25) is 0 Å². The lowest BCUT2D eigenvalue weighted by Gasteiger charge is -2.24. The first kappa shape index (κ1) is 13.8. The van der Waals surface area contributed by atoms with Crippen molar-refractivity contribution >= 4 is 17.9 Å². The van der Waals surface area contributed by atoms with Gasteiger partial charge in [-0.1, -0.05) is 6.42 Å². The van der Waals surface area contributed by atoms with Crippen molar-refractivity contribution < 1.29 is 9.90 Å². The topological polar surface area (TPSA) is 100 Å². The summed E-state index contributed by atoms with van der Waals surface area (Å²) in [5.74, 6) is -1.71. The molecule has 0 saturated heterocycles. The lowest BCUT2D eigenvalue weighted by Crippen LogP contribution is -2.48. The molecule has 17 heavy (non-hydrogen) atoms. The summed E-state index contributed by atoms with van der Waals surface area (Å²) in [6, 6.07) is -0.640. The third-order valence-corrected chi connectivity index (χ3v) is 2.59. The summed E-state index contributed by atoms with van der Waals surface area (Å²) in [6.45, 7) is 4.18. The highest BCUT2D eigenvalue weighted by molar-refractivity contribution is 6.30. The van der Waals surface area contributed by atoms with Crippen LogP contribution in [-0.4, -0.2) is 41.4 Å². The van der Waals surface area contributed by atoms with E-state index in [1.165, 1.54) is 0 Å². The fraction of sp³-hybridized carbons (Fsp3) is 0.727. The number of nitrogens with two attached hydrogens (primary N) is 1. The fourth-order valence-corrected chi connectivity index (χ4v) is 1.77. The molecule has 0 aliphatic carbocycles. The lowest BCUT2D eigenvalue weighted by molar-refractivity contribution is -0.140. The van der Waals surface area contributed by atoms with E-state index in [-0.39, 0.29) is 0 Å². The van der Waals surface area contributed by atoms with Crippen molar-refractivity contribution in [1.82, 2.24) is 5.32 Å². The first-order chi connectivity index (χ1) is 7.97. The second kappa shape index (κ2) is 5.88. The number of hydrogen-bond acceptors (Lipinski definition) is 5. The van der Waals surface area contributed by atoms with Crippen LogP contribution in [0.4, 0.5) is 0 Å². The number of rotatable bonds is 7. The second-order valence-electron chi connectivity index (χ2n) is 4.35. The van der Waals surface area contributed by atoms with Crippen LogP contribution < -0.4 is 11.1 Å². The molecule has 2 atom stereocenters. The van der Waals surface area contributed by atoms with Crippen LogP contribution in [0.15, 0.2) is 9.98 Å². The largest absolute Gasteiger partial charge is 0.480 e. The Labute approximate surface area is 101 Å². The number of aliphatic carboxylic acids is 1. The van der Waals surface area contributed by atoms with Crippen LogP contribution in [-0.2, 0) is 4.79 Å². The molecule has 0 aromatic heterocycles. The molecule has 1 heterocycles. The molecule has 0 fully saturated rings. The van der Waals surface area contributed by atoms with Crippen LogP contribution in [0, 0.1) is 0 Å². The Bertz CT molecular complexity index is 340. The van der Waals surface area contributed by atoms with E-state index < -0.39 is 17.8 Å². The summed E-state index contributed by atoms with van der Waals surface area (Å²) in [6.07, 6.45) is 3.79. The summed E-state index contributed by atoms with van der Waals surface area (Å²) >= 11 is 0. The molecule has 96 valence electrons. The number of nitrogens with zero attached hydrogens (tertiary/aromatic N) is 2. The van der Waals surface area contributed by atoms with E-state index in [0.29, 0.717) is 13.0 Å². The van der Waals surface area contributed by atoms with Gasteiger partial charge >= 0.3 is 5.97 Å². The second-order valence-corrected chi connectivity index (χ2v) is 4.35. The molecule has 6 nitrogen and oxygen atoms in total. The number of hydrogen-bond donors (Lipinski definition) is 3. The smallest absolute Gasteiger partial charge is 0.320 e. The predicted octanol–water partition coefficient (Wildman–Crippen LogP) is 0.377. The van der Waals surface area contributed by atoms with Gasteiger partial charge in [-0.25, -0.2) is 9.98 Å². The van der Waals surface area contributed by atoms with Crippen molar-refractivity contribution in [2.45, 2.75) is 44.9 Å². The number of aliphatic imine (C=N–C) groups is 2. The maximum Gasteiger partial charge on any atom is 0.320 e. The standard InChI is InChI=1S/C11H20N4O2/c1-8-7-13-11(2,14-8)15-9(10(16)17)5-3-4-6-12/h7,9,15H,3-6,12H2,1-2H3,(H,16,17). The molecule has 0 amide bonds. The maximum atomic E-state index is 11.1. The zero-order valence-electron chi connectivity index (χ0n) is 10.3. The minimum Gasteiger partial charge on any atom is -0.480 e. The van der Waals surface area contributed by atoms with E-state index in [0.717, 1.165) is 18.6 Å². The van der Waals surface area contributed by atoms with Crippen molar-refractivity contribution in [3.63, 3.8) is 0 Å². The van der Waals surface area contributed by atoms with Gasteiger partial charge in [0, 0.05) is 6.21 Å². The normalized spacial score (nSPS) is 24.8. The Morgan fingerprint density at radius 3 is 2.82 bits per heavy atom. The molecule has 2 unspecified atom stereocenters. The molecule has 0 aromatic carbocycles. The van der Waals surface area contributed by atoms with Crippen LogP contribution in [0.1, 0.15) is 33.1 Å². The van der Waals surface area contributed by atoms with Gasteiger partial charge in [-0.15, -0.1) is 0 Å². The van der Waals surface area contributed by atoms with Crippen molar-refractivity contribution in [2.75, 3.05) is 6.54 Å². The zero-order valence-corrected chi connectivity index (χ0v) is 10.3. The fourth-order valence-electron chi connectivity index (χ4n) is 1.77. The summed E-state index contributed by atoms with van der Waals surface area (Å²) in [7, 11) is 0. The van der Waals surface area contributed by atoms with E-state index in [2.05, 4.69) is 15.3 Å². The summed E-state index contributed by atoms with van der Waals surface area (Å²) < 4.78 is 0. The minimum atomic E-state index is -0.877. The van der Waals surface area contributed by atoms with Gasteiger partial charge in [-0.2, -0.15) is 0 Å². The summed E-state index contributed by atoms with van der Waals surface area (Å²) in [4.78, 5) is 19.5. The molecule has 0 bridgehead atoms. The third-order valence-electron chi connectivity index (χ3n) is 2.59. The highest BCUT2D eigenvalue weighted by atomic mass is 16.4. The zero-order chi connectivity index (χ0) is 12.9. The van der Waals surface area contributed by atoms with Crippen molar-refractivity contribution in [1.29, 1.82) is 0 Å². The SMILES string of the molecule is CC1=NC(C)(NC(CCCCN)C(=O)O)N=C1. The first-order valence-corrected chi connectivity index (χ1v) is 5.79. The summed E-state index contributed by atoms with van der Waals surface area (Å²) in [5, 5.41) is 12.1. The van der Waals surface area contributed by atoms with Crippen LogP contribution >= 0.6 is 0 Å². The molecule has 1 aliphatic heterocycles. The lowest BCUT2D eigenvalue weighted by atomic mass is 10.1. The number of unbranched alkanes of at least 4 members (excludes halogenated alkanes) is 1. The van der Waals surface area contributed by atoms with E-state index >= 15 is 0 Å². The molecule has 6 heteroatoms. The molecule has 0 saturated carbocycles. The number of carboxylic acid groups (broad SMARTS) is 1. The van der Waals surface area contributed by atoms with Gasteiger partial charge in [0.2, 0.25) is 5.79 Å². The van der Waals surface area contributed by atoms with E-state index in [1.807, 2.05) is 6.92 Å². The average Bonchev–Trinajstić information content (AvgIpc) is 2.57. The molecular weight excluding hydrogens is 220 g/mol. The van der Waals surface area contributed by atoms with Crippen LogP contribution in [0.25, 0.3) is 0 Å². The highest BCUT2D eigenvalue weighted by Crippen LogP contribution is 2.15. The van der Waals surface area contributed by atoms with Crippen molar-refractivity contribution in [2.24, 2.45) is 15.7 Å². The molecule has 0 spiro atoms. The third kappa shape index (κ3) is 4.24. The molecule has 1 rings (SSSR count). The van der Waals surface area contributed by atoms with Gasteiger partial charge in [-0.05, 0) is 33.2 Å². The van der Waals surface area contributed by atoms with Crippen LogP contribution in [0.3, 0.4) is 0 Å². The Hall–Kier alpha value is -1.27. The Balaban J connectivity index is 2.55. The van der Waals surface area contributed by atoms with Gasteiger partial charge in [-0.3, -0.25) is 10.1 Å². The van der Waals surface area contributed by atoms with Gasteiger partial charge in [0.05, 0.1) is 5.71 Å². The number of carbonyl (C=O) groups is 1. The maximum absolute atomic E-state index is 11.1. The monoisotopic (exact) mass is 240 g/mol. The first-order valence-electron chi connectivity index (χ1n) is 5.79.